The van der Waals surface area contributed by atoms with Crippen LogP contribution in [0.1, 0.15) is 62.5 Å². The summed E-state index contributed by atoms with van der Waals surface area (Å²) in [6.07, 6.45) is 9.70. The molecule has 2 aromatic rings. The highest BCUT2D eigenvalue weighted by atomic mass is 32.2. The number of ether oxygens (including phenoxy) is 2. The summed E-state index contributed by atoms with van der Waals surface area (Å²) in [4.78, 5) is 29.8. The van der Waals surface area contributed by atoms with Crippen molar-refractivity contribution in [2.45, 2.75) is 58.0 Å². The van der Waals surface area contributed by atoms with Crippen LogP contribution in [0.3, 0.4) is 0 Å². The van der Waals surface area contributed by atoms with Crippen molar-refractivity contribution in [3.63, 3.8) is 0 Å². The number of nitrogens with zero attached hydrogens (tertiary/aromatic N) is 2. The summed E-state index contributed by atoms with van der Waals surface area (Å²) in [5.41, 5.74) is 1.92. The molecule has 0 bridgehead atoms. The maximum atomic E-state index is 13.0. The highest BCUT2D eigenvalue weighted by molar-refractivity contribution is 8.26. The molecule has 38 heavy (non-hydrogen) atoms. The molecule has 2 amide bonds. The van der Waals surface area contributed by atoms with Gasteiger partial charge in [-0.2, -0.15) is 0 Å². The third-order valence-corrected chi connectivity index (χ3v) is 8.21. The number of hydrogen-bond donors (Lipinski definition) is 0. The van der Waals surface area contributed by atoms with E-state index >= 15 is 0 Å². The molecule has 0 N–H and O–H groups in total. The monoisotopic (exact) mass is 552 g/mol. The number of thiocarbonyl (C=S) groups is 1. The molecule has 0 saturated carbocycles. The minimum Gasteiger partial charge on any atom is -0.493 e. The Hall–Kier alpha value is -2.84. The van der Waals surface area contributed by atoms with Crippen LogP contribution in [-0.2, 0) is 16.2 Å². The van der Waals surface area contributed by atoms with Crippen LogP contribution in [0.5, 0.6) is 11.5 Å². The molecular formula is C30H36N2O4S2. The summed E-state index contributed by atoms with van der Waals surface area (Å²) in [5, 5.41) is 0. The molecule has 2 saturated heterocycles. The van der Waals surface area contributed by atoms with E-state index < -0.39 is 0 Å². The Labute approximate surface area is 235 Å². The Bertz CT molecular complexity index is 1140. The lowest BCUT2D eigenvalue weighted by Crippen LogP contribution is -2.31. The second-order valence-electron chi connectivity index (χ2n) is 9.62. The van der Waals surface area contributed by atoms with Crippen molar-refractivity contribution in [1.82, 2.24) is 9.80 Å². The Kier molecular flexibility index (Phi) is 10.6. The molecular weight excluding hydrogens is 516 g/mol. The molecule has 4 rings (SSSR count). The maximum Gasteiger partial charge on any atom is 0.266 e. The van der Waals surface area contributed by atoms with Crippen LogP contribution in [0.4, 0.5) is 0 Å². The second kappa shape index (κ2) is 14.4. The van der Waals surface area contributed by atoms with E-state index in [1.807, 2.05) is 59.5 Å². The summed E-state index contributed by atoms with van der Waals surface area (Å²) in [5.74, 6) is 1.46. The third-order valence-electron chi connectivity index (χ3n) is 6.83. The number of likely N-dealkylation sites (tertiary alicyclic amines) is 1. The average molecular weight is 553 g/mol. The number of carbonyl (C=O) groups excluding carboxylic acids is 2. The van der Waals surface area contributed by atoms with E-state index in [1.165, 1.54) is 24.6 Å². The molecule has 8 heteroatoms. The van der Waals surface area contributed by atoms with E-state index in [0.717, 1.165) is 56.3 Å². The summed E-state index contributed by atoms with van der Waals surface area (Å²) in [6.45, 7) is 2.82. The van der Waals surface area contributed by atoms with Crippen LogP contribution >= 0.6 is 24.0 Å². The maximum absolute atomic E-state index is 13.0. The number of carbonyl (C=O) groups is 2. The summed E-state index contributed by atoms with van der Waals surface area (Å²) >= 11 is 6.83. The molecule has 0 spiro atoms. The normalized spacial score (nSPS) is 17.1. The van der Waals surface area contributed by atoms with Gasteiger partial charge in [0.1, 0.15) is 10.9 Å². The van der Waals surface area contributed by atoms with E-state index in [9.17, 15) is 9.59 Å². The Balaban J connectivity index is 1.26. The molecule has 2 aliphatic heterocycles. The number of rotatable bonds is 11. The fourth-order valence-electron chi connectivity index (χ4n) is 4.67. The second-order valence-corrected chi connectivity index (χ2v) is 11.3. The largest absolute Gasteiger partial charge is 0.493 e. The summed E-state index contributed by atoms with van der Waals surface area (Å²) in [6, 6.07) is 15.6. The topological polar surface area (TPSA) is 59.1 Å². The van der Waals surface area contributed by atoms with Gasteiger partial charge in [-0.05, 0) is 55.0 Å². The van der Waals surface area contributed by atoms with E-state index in [2.05, 4.69) is 0 Å². The van der Waals surface area contributed by atoms with Crippen LogP contribution in [-0.4, -0.2) is 52.7 Å². The van der Waals surface area contributed by atoms with Gasteiger partial charge in [0.2, 0.25) is 5.91 Å². The molecule has 0 aromatic heterocycles. The lowest BCUT2D eigenvalue weighted by Gasteiger charge is -2.20. The number of benzene rings is 2. The van der Waals surface area contributed by atoms with Crippen molar-refractivity contribution in [2.75, 3.05) is 26.7 Å². The van der Waals surface area contributed by atoms with Crippen LogP contribution in [0.25, 0.3) is 6.08 Å². The number of thioether (sulfide) groups is 1. The zero-order valence-corrected chi connectivity index (χ0v) is 23.7. The summed E-state index contributed by atoms with van der Waals surface area (Å²) < 4.78 is 12.1. The molecule has 2 fully saturated rings. The summed E-state index contributed by atoms with van der Waals surface area (Å²) in [7, 11) is 1.61. The fourth-order valence-corrected chi connectivity index (χ4v) is 5.98. The van der Waals surface area contributed by atoms with Gasteiger partial charge in [-0.1, -0.05) is 79.6 Å². The van der Waals surface area contributed by atoms with Crippen LogP contribution < -0.4 is 9.47 Å². The van der Waals surface area contributed by atoms with E-state index in [1.54, 1.807) is 12.0 Å². The fraction of sp³-hybridized carbons (Fsp3) is 0.433. The van der Waals surface area contributed by atoms with Crippen molar-refractivity contribution < 1.29 is 19.1 Å². The number of hydrogen-bond acceptors (Lipinski definition) is 6. The molecule has 0 unspecified atom stereocenters. The predicted octanol–water partition coefficient (Wildman–Crippen LogP) is 6.44. The Morgan fingerprint density at radius 1 is 1.00 bits per heavy atom. The SMILES string of the molecule is COc1cc(C=C2SC(=S)N(CCCCCC(=O)N3CCCCCC3)C2=O)ccc1OCc1ccccc1. The van der Waals surface area contributed by atoms with Crippen molar-refractivity contribution in [1.29, 1.82) is 0 Å². The third kappa shape index (κ3) is 7.84. The molecule has 2 heterocycles. The Morgan fingerprint density at radius 2 is 1.76 bits per heavy atom. The van der Waals surface area contributed by atoms with Crippen LogP contribution in [0.2, 0.25) is 0 Å². The van der Waals surface area contributed by atoms with Gasteiger partial charge in [0.25, 0.3) is 5.91 Å². The number of unbranched alkanes of at least 4 members (excludes halogenated alkanes) is 2. The molecule has 6 nitrogen and oxygen atoms in total. The molecule has 0 atom stereocenters. The van der Waals surface area contributed by atoms with Gasteiger partial charge in [-0.15, -0.1) is 0 Å². The van der Waals surface area contributed by atoms with Crippen molar-refractivity contribution in [3.8, 4) is 11.5 Å². The van der Waals surface area contributed by atoms with E-state index in [0.29, 0.717) is 40.3 Å². The quantitative estimate of drug-likeness (QED) is 0.182. The van der Waals surface area contributed by atoms with Crippen molar-refractivity contribution >= 4 is 46.2 Å². The lowest BCUT2D eigenvalue weighted by atomic mass is 10.1. The first kappa shape index (κ1) is 28.2. The molecule has 202 valence electrons. The molecule has 0 aliphatic carbocycles. The first-order valence-corrected chi connectivity index (χ1v) is 14.7. The van der Waals surface area contributed by atoms with Crippen LogP contribution in [0, 0.1) is 0 Å². The minimum atomic E-state index is -0.0657. The van der Waals surface area contributed by atoms with Gasteiger partial charge in [-0.25, -0.2) is 0 Å². The zero-order chi connectivity index (χ0) is 26.7. The van der Waals surface area contributed by atoms with Crippen molar-refractivity contribution in [3.05, 3.63) is 64.6 Å². The number of amides is 2. The van der Waals surface area contributed by atoms with Crippen LogP contribution in [0.15, 0.2) is 53.4 Å². The molecule has 2 aliphatic rings. The lowest BCUT2D eigenvalue weighted by molar-refractivity contribution is -0.131. The van der Waals surface area contributed by atoms with E-state index in [4.69, 9.17) is 21.7 Å². The first-order valence-electron chi connectivity index (χ1n) is 13.4. The molecule has 0 radical (unpaired) electrons. The van der Waals surface area contributed by atoms with Gasteiger partial charge >= 0.3 is 0 Å². The van der Waals surface area contributed by atoms with Gasteiger partial charge < -0.3 is 14.4 Å². The van der Waals surface area contributed by atoms with E-state index in [-0.39, 0.29) is 11.8 Å². The zero-order valence-electron chi connectivity index (χ0n) is 22.0. The van der Waals surface area contributed by atoms with Crippen molar-refractivity contribution in [2.24, 2.45) is 0 Å². The van der Waals surface area contributed by atoms with Gasteiger partial charge in [-0.3, -0.25) is 14.5 Å². The van der Waals surface area contributed by atoms with Gasteiger partial charge in [0.15, 0.2) is 11.5 Å². The predicted molar refractivity (Wildman–Crippen MR) is 157 cm³/mol. The Morgan fingerprint density at radius 3 is 2.50 bits per heavy atom. The average Bonchev–Trinajstić information content (AvgIpc) is 3.11. The number of methoxy groups -OCH3 is 1. The smallest absolute Gasteiger partial charge is 0.266 e. The highest BCUT2D eigenvalue weighted by Crippen LogP contribution is 2.35. The molecule has 2 aromatic carbocycles. The first-order chi connectivity index (χ1) is 18.5. The highest BCUT2D eigenvalue weighted by Gasteiger charge is 2.31. The van der Waals surface area contributed by atoms with Gasteiger partial charge in [0.05, 0.1) is 12.0 Å². The van der Waals surface area contributed by atoms with Gasteiger partial charge in [0, 0.05) is 26.1 Å². The minimum absolute atomic E-state index is 0.0657. The standard InChI is InChI=1S/C30H36N2O4S2/c1-35-26-20-24(15-16-25(26)36-22-23-12-6-4-7-13-23)21-27-29(34)32(30(37)38-27)19-11-5-8-14-28(33)31-17-9-2-3-10-18-31/h4,6-7,12-13,15-16,20-21H,2-3,5,8-11,14,17-19,22H2,1H3.